The van der Waals surface area contributed by atoms with Gasteiger partial charge in [-0.15, -0.1) is 0 Å². The van der Waals surface area contributed by atoms with E-state index in [9.17, 15) is 4.79 Å². The maximum absolute atomic E-state index is 12.2. The molecule has 0 aromatic carbocycles. The maximum Gasteiger partial charge on any atom is 0.155 e. The molecule has 0 aliphatic heterocycles. The van der Waals surface area contributed by atoms with Crippen molar-refractivity contribution in [2.45, 2.75) is 72.9 Å². The van der Waals surface area contributed by atoms with Crippen LogP contribution in [0.5, 0.6) is 0 Å². The van der Waals surface area contributed by atoms with Gasteiger partial charge in [0.1, 0.15) is 0 Å². The number of rotatable bonds is 4. The Labute approximate surface area is 94.8 Å². The number of carbonyl (C=O) groups is 1. The molecular weight excluding hydrogens is 186 g/mol. The van der Waals surface area contributed by atoms with Crippen molar-refractivity contribution in [1.29, 1.82) is 0 Å². The molecule has 0 heterocycles. The Bertz CT molecular complexity index is 208. The zero-order valence-corrected chi connectivity index (χ0v) is 11.4. The summed E-state index contributed by atoms with van der Waals surface area (Å²) in [6, 6.07) is -0.00463. The minimum absolute atomic E-state index is 0.000741. The summed E-state index contributed by atoms with van der Waals surface area (Å²) in [7, 11) is 0. The van der Waals surface area contributed by atoms with Crippen molar-refractivity contribution in [3.8, 4) is 0 Å². The van der Waals surface area contributed by atoms with Crippen LogP contribution in [-0.2, 0) is 4.79 Å². The number of carbonyl (C=O) groups excluding carboxylic acids is 1. The van der Waals surface area contributed by atoms with Crippen LogP contribution in [0.15, 0.2) is 0 Å². The van der Waals surface area contributed by atoms with E-state index >= 15 is 0 Å². The highest BCUT2D eigenvalue weighted by molar-refractivity contribution is 5.88. The summed E-state index contributed by atoms with van der Waals surface area (Å²) in [5, 5.41) is 3.41. The van der Waals surface area contributed by atoms with E-state index in [-0.39, 0.29) is 17.0 Å². The standard InChI is InChI=1S/C13H27NO/c1-8-9-10(14-13(5,6)7)11(15)12(2,3)4/h10,14H,8-9H2,1-7H3. The molecule has 15 heavy (non-hydrogen) atoms. The van der Waals surface area contributed by atoms with E-state index in [4.69, 9.17) is 0 Å². The van der Waals surface area contributed by atoms with Gasteiger partial charge >= 0.3 is 0 Å². The first-order valence-corrected chi connectivity index (χ1v) is 5.90. The van der Waals surface area contributed by atoms with Gasteiger partial charge < -0.3 is 5.32 Å². The molecule has 0 saturated carbocycles. The third kappa shape index (κ3) is 5.93. The zero-order valence-electron chi connectivity index (χ0n) is 11.4. The third-order valence-corrected chi connectivity index (χ3v) is 2.24. The second-order valence-electron chi connectivity index (χ2n) is 6.35. The quantitative estimate of drug-likeness (QED) is 0.777. The average Bonchev–Trinajstić information content (AvgIpc) is 1.98. The molecule has 0 rings (SSSR count). The fourth-order valence-electron chi connectivity index (χ4n) is 1.60. The topological polar surface area (TPSA) is 29.1 Å². The van der Waals surface area contributed by atoms with Gasteiger partial charge in [-0.05, 0) is 27.2 Å². The average molecular weight is 213 g/mol. The van der Waals surface area contributed by atoms with Gasteiger partial charge in [-0.25, -0.2) is 0 Å². The van der Waals surface area contributed by atoms with Crippen molar-refractivity contribution in [3.63, 3.8) is 0 Å². The Morgan fingerprint density at radius 1 is 1.13 bits per heavy atom. The lowest BCUT2D eigenvalue weighted by Gasteiger charge is -2.31. The van der Waals surface area contributed by atoms with Gasteiger partial charge in [0.05, 0.1) is 6.04 Å². The predicted molar refractivity (Wildman–Crippen MR) is 66.0 cm³/mol. The molecule has 0 aromatic rings. The largest absolute Gasteiger partial charge is 0.303 e. The van der Waals surface area contributed by atoms with Crippen LogP contribution in [0.3, 0.4) is 0 Å². The van der Waals surface area contributed by atoms with Crippen LogP contribution in [0.25, 0.3) is 0 Å². The Hall–Kier alpha value is -0.370. The van der Waals surface area contributed by atoms with Crippen LogP contribution in [-0.4, -0.2) is 17.4 Å². The van der Waals surface area contributed by atoms with Crippen molar-refractivity contribution < 1.29 is 4.79 Å². The minimum atomic E-state index is -0.252. The van der Waals surface area contributed by atoms with Gasteiger partial charge in [0.2, 0.25) is 0 Å². The highest BCUT2D eigenvalue weighted by Crippen LogP contribution is 2.20. The summed E-state index contributed by atoms with van der Waals surface area (Å²) in [6.45, 7) is 14.4. The first-order valence-electron chi connectivity index (χ1n) is 5.90. The van der Waals surface area contributed by atoms with Crippen molar-refractivity contribution in [3.05, 3.63) is 0 Å². The van der Waals surface area contributed by atoms with E-state index in [2.05, 4.69) is 33.0 Å². The van der Waals surface area contributed by atoms with E-state index in [0.717, 1.165) is 12.8 Å². The Balaban J connectivity index is 4.60. The molecule has 0 fully saturated rings. The molecule has 2 heteroatoms. The molecule has 0 spiro atoms. The van der Waals surface area contributed by atoms with Gasteiger partial charge in [-0.2, -0.15) is 0 Å². The second-order valence-corrected chi connectivity index (χ2v) is 6.35. The Kier molecular flexibility index (Phi) is 4.98. The lowest BCUT2D eigenvalue weighted by Crippen LogP contribution is -2.50. The molecule has 0 bridgehead atoms. The minimum Gasteiger partial charge on any atom is -0.303 e. The van der Waals surface area contributed by atoms with Crippen LogP contribution < -0.4 is 5.32 Å². The normalized spacial score (nSPS) is 15.1. The van der Waals surface area contributed by atoms with Crippen LogP contribution in [0.1, 0.15) is 61.3 Å². The first kappa shape index (κ1) is 14.6. The van der Waals surface area contributed by atoms with Gasteiger partial charge in [0.15, 0.2) is 5.78 Å². The molecule has 0 aliphatic carbocycles. The number of Topliss-reactive ketones (excluding diaryl/α,β-unsaturated/α-hetero) is 1. The van der Waals surface area contributed by atoms with E-state index in [1.165, 1.54) is 0 Å². The van der Waals surface area contributed by atoms with Crippen LogP contribution in [0.4, 0.5) is 0 Å². The Morgan fingerprint density at radius 2 is 1.60 bits per heavy atom. The van der Waals surface area contributed by atoms with Crippen molar-refractivity contribution >= 4 is 5.78 Å². The second kappa shape index (κ2) is 5.11. The third-order valence-electron chi connectivity index (χ3n) is 2.24. The fraction of sp³-hybridized carbons (Fsp3) is 0.923. The highest BCUT2D eigenvalue weighted by atomic mass is 16.1. The smallest absolute Gasteiger partial charge is 0.155 e. The molecule has 0 aromatic heterocycles. The number of nitrogens with one attached hydrogen (secondary N) is 1. The summed E-state index contributed by atoms with van der Waals surface area (Å²) < 4.78 is 0. The number of hydrogen-bond acceptors (Lipinski definition) is 2. The van der Waals surface area contributed by atoms with Gasteiger partial charge in [0, 0.05) is 11.0 Å². The number of ketones is 1. The molecule has 1 atom stereocenters. The summed E-state index contributed by atoms with van der Waals surface area (Å²) in [4.78, 5) is 12.2. The molecule has 0 amide bonds. The lowest BCUT2D eigenvalue weighted by atomic mass is 9.84. The SMILES string of the molecule is CCCC(NC(C)(C)C)C(=O)C(C)(C)C. The van der Waals surface area contributed by atoms with E-state index < -0.39 is 0 Å². The van der Waals surface area contributed by atoms with Gasteiger partial charge in [-0.1, -0.05) is 34.1 Å². The van der Waals surface area contributed by atoms with Crippen molar-refractivity contribution in [1.82, 2.24) is 5.32 Å². The summed E-state index contributed by atoms with van der Waals surface area (Å²) in [5.41, 5.74) is -0.251. The molecule has 0 aliphatic rings. The van der Waals surface area contributed by atoms with E-state index in [1.807, 2.05) is 20.8 Å². The summed E-state index contributed by atoms with van der Waals surface area (Å²) in [5.74, 6) is 0.319. The summed E-state index contributed by atoms with van der Waals surface area (Å²) in [6.07, 6.45) is 1.96. The zero-order chi connectivity index (χ0) is 12.3. The van der Waals surface area contributed by atoms with Gasteiger partial charge in [0.25, 0.3) is 0 Å². The van der Waals surface area contributed by atoms with Crippen LogP contribution in [0.2, 0.25) is 0 Å². The van der Waals surface area contributed by atoms with Crippen LogP contribution in [0, 0.1) is 5.41 Å². The first-order chi connectivity index (χ1) is 6.58. The van der Waals surface area contributed by atoms with Crippen molar-refractivity contribution in [2.75, 3.05) is 0 Å². The summed E-state index contributed by atoms with van der Waals surface area (Å²) >= 11 is 0. The van der Waals surface area contributed by atoms with E-state index in [1.54, 1.807) is 0 Å². The maximum atomic E-state index is 12.2. The Morgan fingerprint density at radius 3 is 1.87 bits per heavy atom. The molecule has 2 nitrogen and oxygen atoms in total. The molecule has 0 saturated heterocycles. The molecule has 90 valence electrons. The molecular formula is C13H27NO. The van der Waals surface area contributed by atoms with E-state index in [0.29, 0.717) is 5.78 Å². The molecule has 1 N–H and O–H groups in total. The lowest BCUT2D eigenvalue weighted by molar-refractivity contribution is -0.129. The van der Waals surface area contributed by atoms with Crippen molar-refractivity contribution in [2.24, 2.45) is 5.41 Å². The predicted octanol–water partition coefficient (Wildman–Crippen LogP) is 3.16. The highest BCUT2D eigenvalue weighted by Gasteiger charge is 2.31. The van der Waals surface area contributed by atoms with Gasteiger partial charge in [-0.3, -0.25) is 4.79 Å². The monoisotopic (exact) mass is 213 g/mol. The molecule has 0 radical (unpaired) electrons. The molecule has 1 unspecified atom stereocenters. The number of hydrogen-bond donors (Lipinski definition) is 1. The van der Waals surface area contributed by atoms with Crippen LogP contribution >= 0.6 is 0 Å². The fourth-order valence-corrected chi connectivity index (χ4v) is 1.60.